The Bertz CT molecular complexity index is 345. The van der Waals surface area contributed by atoms with Gasteiger partial charge in [0.2, 0.25) is 11.8 Å². The van der Waals surface area contributed by atoms with Gasteiger partial charge in [-0.25, -0.2) is 0 Å². The van der Waals surface area contributed by atoms with Crippen molar-refractivity contribution < 1.29 is 19.5 Å². The first-order chi connectivity index (χ1) is 11.3. The van der Waals surface area contributed by atoms with Crippen LogP contribution in [0.15, 0.2) is 0 Å². The highest BCUT2D eigenvalue weighted by Crippen LogP contribution is 2.15. The predicted molar refractivity (Wildman–Crippen MR) is 101 cm³/mol. The van der Waals surface area contributed by atoms with Crippen molar-refractivity contribution in [1.82, 2.24) is 6.15 Å². The maximum absolute atomic E-state index is 11.1. The SMILES string of the molecule is CC(=O)O.CCCCCCCCCCCCC(CC(N)=O)C(N)=O.N. The molecule has 0 rings (SSSR count). The fourth-order valence-electron chi connectivity index (χ4n) is 2.47. The van der Waals surface area contributed by atoms with E-state index in [-0.39, 0.29) is 18.5 Å². The van der Waals surface area contributed by atoms with Gasteiger partial charge in [0.15, 0.2) is 0 Å². The van der Waals surface area contributed by atoms with E-state index in [2.05, 4.69) is 6.92 Å². The van der Waals surface area contributed by atoms with Gasteiger partial charge in [0.05, 0.1) is 0 Å². The zero-order valence-corrected chi connectivity index (χ0v) is 16.1. The minimum absolute atomic E-state index is 0. The zero-order chi connectivity index (χ0) is 18.8. The lowest BCUT2D eigenvalue weighted by Crippen LogP contribution is -2.28. The molecule has 0 aromatic rings. The Morgan fingerprint density at radius 3 is 1.52 bits per heavy atom. The lowest BCUT2D eigenvalue weighted by atomic mass is 9.96. The van der Waals surface area contributed by atoms with Crippen LogP contribution in [0.5, 0.6) is 0 Å². The van der Waals surface area contributed by atoms with Crippen LogP contribution < -0.4 is 17.6 Å². The average Bonchev–Trinajstić information content (AvgIpc) is 2.46. The molecule has 0 heterocycles. The molecule has 1 atom stereocenters. The largest absolute Gasteiger partial charge is 0.481 e. The summed E-state index contributed by atoms with van der Waals surface area (Å²) in [5.41, 5.74) is 10.4. The van der Waals surface area contributed by atoms with Gasteiger partial charge in [-0.2, -0.15) is 0 Å². The number of unbranched alkanes of at least 4 members (excludes halogenated alkanes) is 9. The molecule has 0 aliphatic rings. The Morgan fingerprint density at radius 2 is 1.20 bits per heavy atom. The third kappa shape index (κ3) is 27.5. The normalized spacial score (nSPS) is 10.8. The van der Waals surface area contributed by atoms with Crippen LogP contribution in [-0.2, 0) is 14.4 Å². The smallest absolute Gasteiger partial charge is 0.300 e. The first-order valence-electron chi connectivity index (χ1n) is 9.08. The number of amides is 2. The number of hydrogen-bond acceptors (Lipinski definition) is 4. The molecule has 1 unspecified atom stereocenters. The third-order valence-corrected chi connectivity index (χ3v) is 3.76. The molecule has 0 aromatic heterocycles. The Morgan fingerprint density at radius 1 is 0.840 bits per heavy atom. The van der Waals surface area contributed by atoms with Crippen LogP contribution in [0.1, 0.15) is 90.9 Å². The van der Waals surface area contributed by atoms with Crippen molar-refractivity contribution in [2.75, 3.05) is 0 Å². The molecule has 7 heteroatoms. The topological polar surface area (TPSA) is 158 Å². The fraction of sp³-hybridized carbons (Fsp3) is 0.833. The summed E-state index contributed by atoms with van der Waals surface area (Å²) in [4.78, 5) is 31.0. The van der Waals surface area contributed by atoms with Crippen LogP contribution in [0.2, 0.25) is 0 Å². The molecule has 8 N–H and O–H groups in total. The number of hydrogen-bond donors (Lipinski definition) is 4. The Kier molecular flexibility index (Phi) is 23.0. The van der Waals surface area contributed by atoms with Gasteiger partial charge in [-0.05, 0) is 6.42 Å². The summed E-state index contributed by atoms with van der Waals surface area (Å²) >= 11 is 0. The van der Waals surface area contributed by atoms with E-state index in [9.17, 15) is 9.59 Å². The Hall–Kier alpha value is -1.63. The zero-order valence-electron chi connectivity index (χ0n) is 16.1. The fourth-order valence-corrected chi connectivity index (χ4v) is 2.47. The molecule has 0 spiro atoms. The molecule has 7 nitrogen and oxygen atoms in total. The lowest BCUT2D eigenvalue weighted by molar-refractivity contribution is -0.134. The average molecular weight is 362 g/mol. The van der Waals surface area contributed by atoms with Crippen LogP contribution in [-0.4, -0.2) is 22.9 Å². The van der Waals surface area contributed by atoms with E-state index in [1.165, 1.54) is 51.4 Å². The van der Waals surface area contributed by atoms with Crippen LogP contribution >= 0.6 is 0 Å². The Balaban J connectivity index is -0.000000867. The summed E-state index contributed by atoms with van der Waals surface area (Å²) < 4.78 is 0. The molecule has 0 saturated carbocycles. The summed E-state index contributed by atoms with van der Waals surface area (Å²) in [6.07, 6.45) is 13.3. The van der Waals surface area contributed by atoms with Crippen molar-refractivity contribution in [3.8, 4) is 0 Å². The second-order valence-corrected chi connectivity index (χ2v) is 6.26. The van der Waals surface area contributed by atoms with Crippen molar-refractivity contribution in [3.63, 3.8) is 0 Å². The van der Waals surface area contributed by atoms with Crippen molar-refractivity contribution in [2.45, 2.75) is 90.9 Å². The number of nitrogens with two attached hydrogens (primary N) is 2. The van der Waals surface area contributed by atoms with Gasteiger partial charge in [0.1, 0.15) is 0 Å². The predicted octanol–water partition coefficient (Wildman–Crippen LogP) is 3.53. The molecule has 25 heavy (non-hydrogen) atoms. The minimum atomic E-state index is -0.833. The second-order valence-electron chi connectivity index (χ2n) is 6.26. The number of aliphatic carboxylic acids is 1. The van der Waals surface area contributed by atoms with Crippen LogP contribution in [0, 0.1) is 5.92 Å². The van der Waals surface area contributed by atoms with E-state index in [0.717, 1.165) is 19.8 Å². The molecule has 0 saturated heterocycles. The van der Waals surface area contributed by atoms with Crippen molar-refractivity contribution in [3.05, 3.63) is 0 Å². The van der Waals surface area contributed by atoms with Crippen molar-refractivity contribution >= 4 is 17.8 Å². The van der Waals surface area contributed by atoms with E-state index in [1.54, 1.807) is 0 Å². The number of carboxylic acids is 1. The number of rotatable bonds is 14. The third-order valence-electron chi connectivity index (χ3n) is 3.76. The number of carbonyl (C=O) groups is 3. The van der Waals surface area contributed by atoms with E-state index < -0.39 is 17.8 Å². The van der Waals surface area contributed by atoms with E-state index in [1.807, 2.05) is 0 Å². The molecule has 0 radical (unpaired) electrons. The molecular formula is C18H39N3O4. The number of primary amides is 2. The highest BCUT2D eigenvalue weighted by atomic mass is 16.4. The van der Waals surface area contributed by atoms with E-state index in [4.69, 9.17) is 21.4 Å². The molecule has 0 fully saturated rings. The number of carboxylic acid groups (broad SMARTS) is 1. The molecule has 150 valence electrons. The maximum atomic E-state index is 11.1. The Labute approximate surface area is 152 Å². The van der Waals surface area contributed by atoms with Gasteiger partial charge in [0.25, 0.3) is 5.97 Å². The summed E-state index contributed by atoms with van der Waals surface area (Å²) in [5.74, 6) is -2.05. The van der Waals surface area contributed by atoms with Gasteiger partial charge in [0, 0.05) is 19.3 Å². The monoisotopic (exact) mass is 361 g/mol. The maximum Gasteiger partial charge on any atom is 0.300 e. The summed E-state index contributed by atoms with van der Waals surface area (Å²) in [6, 6.07) is 0. The van der Waals surface area contributed by atoms with E-state index >= 15 is 0 Å². The standard InChI is InChI=1S/C16H32N2O2.C2H4O2.H3N/c1-2-3-4-5-6-7-8-9-10-11-12-14(16(18)20)13-15(17)19;1-2(3)4;/h14H,2-13H2,1H3,(H2,17,19)(H2,18,20);1H3,(H,3,4);1H3. The molecule has 0 aliphatic heterocycles. The quantitative estimate of drug-likeness (QED) is 0.348. The second kappa shape index (κ2) is 20.4. The summed E-state index contributed by atoms with van der Waals surface area (Å²) in [7, 11) is 0. The summed E-state index contributed by atoms with van der Waals surface area (Å²) in [6.45, 7) is 3.32. The molecule has 2 amide bonds. The molecule has 0 bridgehead atoms. The van der Waals surface area contributed by atoms with Crippen LogP contribution in [0.3, 0.4) is 0 Å². The van der Waals surface area contributed by atoms with Crippen LogP contribution in [0.25, 0.3) is 0 Å². The molecular weight excluding hydrogens is 322 g/mol. The molecule has 0 aromatic carbocycles. The van der Waals surface area contributed by atoms with E-state index in [0.29, 0.717) is 6.42 Å². The van der Waals surface area contributed by atoms with Crippen molar-refractivity contribution in [1.29, 1.82) is 0 Å². The number of carbonyl (C=O) groups excluding carboxylic acids is 2. The van der Waals surface area contributed by atoms with Crippen LogP contribution in [0.4, 0.5) is 0 Å². The highest BCUT2D eigenvalue weighted by Gasteiger charge is 2.17. The first kappa shape index (κ1) is 28.2. The minimum Gasteiger partial charge on any atom is -0.481 e. The first-order valence-corrected chi connectivity index (χ1v) is 9.08. The van der Waals surface area contributed by atoms with Gasteiger partial charge < -0.3 is 22.7 Å². The highest BCUT2D eigenvalue weighted by molar-refractivity contribution is 5.83. The summed E-state index contributed by atoms with van der Waals surface area (Å²) in [5, 5.41) is 7.42. The van der Waals surface area contributed by atoms with Gasteiger partial charge in [-0.1, -0.05) is 71.1 Å². The lowest BCUT2D eigenvalue weighted by Gasteiger charge is -2.10. The van der Waals surface area contributed by atoms with Crippen molar-refractivity contribution in [2.24, 2.45) is 17.4 Å². The molecule has 0 aliphatic carbocycles. The van der Waals surface area contributed by atoms with Gasteiger partial charge in [-0.3, -0.25) is 14.4 Å². The van der Waals surface area contributed by atoms with Gasteiger partial charge in [-0.15, -0.1) is 0 Å². The van der Waals surface area contributed by atoms with Gasteiger partial charge >= 0.3 is 0 Å².